The summed E-state index contributed by atoms with van der Waals surface area (Å²) in [6, 6.07) is 27.8. The summed E-state index contributed by atoms with van der Waals surface area (Å²) in [6.45, 7) is 3.86. The van der Waals surface area contributed by atoms with Crippen LogP contribution in [0.3, 0.4) is 0 Å². The monoisotopic (exact) mass is 494 g/mol. The fourth-order valence-electron chi connectivity index (χ4n) is 5.22. The number of carbonyl (C=O) groups is 4. The molecule has 4 nitrogen and oxygen atoms in total. The Morgan fingerprint density at radius 2 is 0.605 bits per heavy atom. The summed E-state index contributed by atoms with van der Waals surface area (Å²) in [5.74, 6) is -1.60. The first-order chi connectivity index (χ1) is 18.4. The molecular formula is C34H22O4. The van der Waals surface area contributed by atoms with E-state index in [4.69, 9.17) is 0 Å². The number of fused-ring (bicyclic) bond motifs is 2. The minimum Gasteiger partial charge on any atom is -0.289 e. The van der Waals surface area contributed by atoms with Gasteiger partial charge in [0.1, 0.15) is 0 Å². The Bertz CT molecular complexity index is 1630. The number of rotatable bonds is 3. The first-order valence-corrected chi connectivity index (χ1v) is 12.4. The third-order valence-electron chi connectivity index (χ3n) is 7.17. The van der Waals surface area contributed by atoms with Crippen LogP contribution in [0.15, 0.2) is 108 Å². The molecular weight excluding hydrogens is 472 g/mol. The molecule has 6 rings (SSSR count). The highest BCUT2D eigenvalue weighted by atomic mass is 16.1. The van der Waals surface area contributed by atoms with Crippen LogP contribution in [0.5, 0.6) is 0 Å². The van der Waals surface area contributed by atoms with Gasteiger partial charge >= 0.3 is 0 Å². The normalized spacial score (nSPS) is 15.1. The van der Waals surface area contributed by atoms with Crippen molar-refractivity contribution >= 4 is 34.3 Å². The summed E-state index contributed by atoms with van der Waals surface area (Å²) in [7, 11) is 0. The molecule has 4 aromatic rings. The molecule has 4 heteroatoms. The highest BCUT2D eigenvalue weighted by molar-refractivity contribution is 6.49. The fourth-order valence-corrected chi connectivity index (χ4v) is 5.22. The maximum atomic E-state index is 14.2. The van der Waals surface area contributed by atoms with Gasteiger partial charge in [-0.3, -0.25) is 19.2 Å². The summed E-state index contributed by atoms with van der Waals surface area (Å²) >= 11 is 0. The largest absolute Gasteiger partial charge is 0.289 e. The lowest BCUT2D eigenvalue weighted by Crippen LogP contribution is -2.29. The van der Waals surface area contributed by atoms with Gasteiger partial charge in [0.2, 0.25) is 0 Å². The van der Waals surface area contributed by atoms with Crippen LogP contribution < -0.4 is 0 Å². The zero-order chi connectivity index (χ0) is 26.6. The highest BCUT2D eigenvalue weighted by Gasteiger charge is 2.42. The number of benzene rings is 4. The molecule has 2 aliphatic rings. The number of hydrogen-bond donors (Lipinski definition) is 0. The Kier molecular flexibility index (Phi) is 5.46. The molecule has 2 aliphatic carbocycles. The lowest BCUT2D eigenvalue weighted by molar-refractivity contribution is 0.0969. The minimum absolute atomic E-state index is 0.0269. The number of ketones is 4. The molecule has 0 unspecified atom stereocenters. The molecule has 182 valence electrons. The second kappa shape index (κ2) is 8.86. The summed E-state index contributed by atoms with van der Waals surface area (Å²) in [5, 5.41) is 0. The summed E-state index contributed by atoms with van der Waals surface area (Å²) < 4.78 is 0. The van der Waals surface area contributed by atoms with Gasteiger partial charge in [-0.15, -0.1) is 0 Å². The van der Waals surface area contributed by atoms with Gasteiger partial charge in [-0.05, 0) is 25.0 Å². The summed E-state index contributed by atoms with van der Waals surface area (Å²) in [6.07, 6.45) is 0. The van der Waals surface area contributed by atoms with Gasteiger partial charge in [0.25, 0.3) is 0 Å². The van der Waals surface area contributed by atoms with Crippen LogP contribution in [-0.2, 0) is 0 Å². The Labute approximate surface area is 220 Å². The maximum Gasteiger partial charge on any atom is 0.195 e. The van der Waals surface area contributed by atoms with Crippen molar-refractivity contribution in [1.29, 1.82) is 0 Å². The number of carbonyl (C=O) groups excluding carboxylic acids is 4. The minimum atomic E-state index is -0.448. The molecule has 0 saturated carbocycles. The van der Waals surface area contributed by atoms with E-state index in [1.165, 1.54) is 0 Å². The van der Waals surface area contributed by atoms with E-state index in [1.807, 2.05) is 38.1 Å². The third kappa shape index (κ3) is 3.53. The van der Waals surface area contributed by atoms with Gasteiger partial charge in [-0.25, -0.2) is 0 Å². The second-order valence-electron chi connectivity index (χ2n) is 9.64. The van der Waals surface area contributed by atoms with E-state index in [0.717, 1.165) is 11.1 Å². The van der Waals surface area contributed by atoms with Crippen molar-refractivity contribution in [3.63, 3.8) is 0 Å². The Balaban J connectivity index is 1.76. The topological polar surface area (TPSA) is 68.3 Å². The van der Waals surface area contributed by atoms with E-state index < -0.39 is 11.6 Å². The van der Waals surface area contributed by atoms with Crippen molar-refractivity contribution in [2.75, 3.05) is 0 Å². The van der Waals surface area contributed by atoms with Crippen molar-refractivity contribution in [2.24, 2.45) is 0 Å². The molecule has 0 bridgehead atoms. The lowest BCUT2D eigenvalue weighted by atomic mass is 9.72. The summed E-state index contributed by atoms with van der Waals surface area (Å²) in [4.78, 5) is 56.4. The zero-order valence-corrected chi connectivity index (χ0v) is 20.9. The lowest BCUT2D eigenvalue weighted by Gasteiger charge is -2.27. The molecule has 38 heavy (non-hydrogen) atoms. The van der Waals surface area contributed by atoms with Crippen LogP contribution in [0.4, 0.5) is 0 Å². The van der Waals surface area contributed by atoms with Crippen molar-refractivity contribution in [2.45, 2.75) is 13.8 Å². The molecule has 4 aromatic carbocycles. The molecule has 0 amide bonds. The Morgan fingerprint density at radius 3 is 0.895 bits per heavy atom. The number of allylic oxidation sites excluding steroid dienone is 4. The van der Waals surface area contributed by atoms with Gasteiger partial charge < -0.3 is 0 Å². The van der Waals surface area contributed by atoms with Crippen molar-refractivity contribution in [3.05, 3.63) is 153 Å². The number of Topliss-reactive ketones (excluding diaryl/α,β-unsaturated/α-hetero) is 4. The predicted molar refractivity (Wildman–Crippen MR) is 146 cm³/mol. The Morgan fingerprint density at radius 1 is 0.342 bits per heavy atom. The van der Waals surface area contributed by atoms with E-state index in [0.29, 0.717) is 11.1 Å². The average molecular weight is 495 g/mol. The van der Waals surface area contributed by atoms with Gasteiger partial charge in [-0.2, -0.15) is 0 Å². The number of hydrogen-bond acceptors (Lipinski definition) is 4. The summed E-state index contributed by atoms with van der Waals surface area (Å²) in [5.41, 5.74) is 4.24. The Hall–Kier alpha value is -4.96. The van der Waals surface area contributed by atoms with Crippen LogP contribution in [0.25, 0.3) is 11.1 Å². The molecule has 0 radical (unpaired) electrons. The molecule has 0 aliphatic heterocycles. The van der Waals surface area contributed by atoms with Gasteiger partial charge in [0.05, 0.1) is 0 Å². The van der Waals surface area contributed by atoms with Crippen LogP contribution in [0, 0.1) is 13.8 Å². The van der Waals surface area contributed by atoms with Gasteiger partial charge in [-0.1, -0.05) is 108 Å². The van der Waals surface area contributed by atoms with Crippen LogP contribution in [0.2, 0.25) is 0 Å². The first kappa shape index (κ1) is 23.4. The SMILES string of the molecule is Cc1ccc(C2=C(C3=C(c4ccc(C)cc4)C(=O)c4ccccc4C3=O)C(=O)c3ccccc3C2=O)cc1. The van der Waals surface area contributed by atoms with E-state index in [-0.39, 0.29) is 56.1 Å². The molecule has 0 atom stereocenters. The maximum absolute atomic E-state index is 14.2. The van der Waals surface area contributed by atoms with Crippen molar-refractivity contribution in [3.8, 4) is 0 Å². The number of aryl methyl sites for hydroxylation is 2. The molecule has 0 aromatic heterocycles. The van der Waals surface area contributed by atoms with Gasteiger partial charge in [0, 0.05) is 44.5 Å². The van der Waals surface area contributed by atoms with Crippen molar-refractivity contribution in [1.82, 2.24) is 0 Å². The van der Waals surface area contributed by atoms with E-state index in [1.54, 1.807) is 72.8 Å². The van der Waals surface area contributed by atoms with E-state index in [9.17, 15) is 19.2 Å². The van der Waals surface area contributed by atoms with Crippen LogP contribution in [-0.4, -0.2) is 23.1 Å². The van der Waals surface area contributed by atoms with E-state index in [2.05, 4.69) is 0 Å². The zero-order valence-electron chi connectivity index (χ0n) is 20.9. The first-order valence-electron chi connectivity index (χ1n) is 12.4. The van der Waals surface area contributed by atoms with Gasteiger partial charge in [0.15, 0.2) is 23.1 Å². The molecule has 0 fully saturated rings. The molecule has 0 N–H and O–H groups in total. The average Bonchev–Trinajstić information content (AvgIpc) is 2.94. The van der Waals surface area contributed by atoms with Crippen LogP contribution in [0.1, 0.15) is 63.7 Å². The molecule has 0 heterocycles. The highest BCUT2D eigenvalue weighted by Crippen LogP contribution is 2.43. The molecule has 0 spiro atoms. The second-order valence-corrected chi connectivity index (χ2v) is 9.64. The smallest absolute Gasteiger partial charge is 0.195 e. The predicted octanol–water partition coefficient (Wildman–Crippen LogP) is 6.67. The van der Waals surface area contributed by atoms with E-state index >= 15 is 0 Å². The third-order valence-corrected chi connectivity index (χ3v) is 7.17. The van der Waals surface area contributed by atoms with Crippen molar-refractivity contribution < 1.29 is 19.2 Å². The fraction of sp³-hybridized carbons (Fsp3) is 0.0588. The quantitative estimate of drug-likeness (QED) is 0.319. The van der Waals surface area contributed by atoms with Crippen LogP contribution >= 0.6 is 0 Å². The molecule has 0 saturated heterocycles. The standard InChI is InChI=1S/C34H22O4/c1-19-11-15-21(16-12-19)27-29(33(37)25-9-5-3-7-23(25)31(27)35)30-28(22-17-13-20(2)14-18-22)32(36)24-8-4-6-10-26(24)34(30)38/h3-18H,1-2H3.